The summed E-state index contributed by atoms with van der Waals surface area (Å²) < 4.78 is 5.66. The highest BCUT2D eigenvalue weighted by Gasteiger charge is 2.02. The fraction of sp³-hybridized carbons (Fsp3) is 0.250. The van der Waals surface area contributed by atoms with Gasteiger partial charge in [-0.15, -0.1) is 24.0 Å². The van der Waals surface area contributed by atoms with Gasteiger partial charge in [-0.3, -0.25) is 4.99 Å². The maximum atomic E-state index is 5.66. The molecule has 1 heterocycles. The van der Waals surface area contributed by atoms with Gasteiger partial charge in [0.1, 0.15) is 11.3 Å². The van der Waals surface area contributed by atoms with Gasteiger partial charge in [-0.1, -0.05) is 18.2 Å². The van der Waals surface area contributed by atoms with Crippen molar-refractivity contribution >= 4 is 40.9 Å². The Hall–Kier alpha value is -1.24. The smallest absolute Gasteiger partial charge is 0.191 e. The first-order valence-electron chi connectivity index (χ1n) is 5.19. The van der Waals surface area contributed by atoms with Crippen molar-refractivity contribution in [3.05, 3.63) is 36.1 Å². The predicted octanol–water partition coefficient (Wildman–Crippen LogP) is 2.35. The molecule has 0 aliphatic carbocycles. The number of nitrogens with one attached hydrogen (secondary N) is 2. The molecule has 0 unspecified atom stereocenters. The number of aliphatic imine (C=N–C) groups is 1. The monoisotopic (exact) mass is 345 g/mol. The molecule has 2 rings (SSSR count). The molecule has 0 aliphatic heterocycles. The Labute approximate surface area is 118 Å². The molecular formula is C12H16IN3O. The highest BCUT2D eigenvalue weighted by atomic mass is 127. The maximum absolute atomic E-state index is 5.66. The molecule has 0 radical (unpaired) electrons. The van der Waals surface area contributed by atoms with Crippen molar-refractivity contribution in [3.63, 3.8) is 0 Å². The normalized spacial score (nSPS) is 11.1. The highest BCUT2D eigenvalue weighted by molar-refractivity contribution is 14.0. The molecule has 1 aromatic heterocycles. The number of rotatable bonds is 2. The Balaban J connectivity index is 0.00000144. The fourth-order valence-corrected chi connectivity index (χ4v) is 1.57. The van der Waals surface area contributed by atoms with E-state index in [4.69, 9.17) is 4.42 Å². The lowest BCUT2D eigenvalue weighted by Crippen LogP contribution is -2.33. The molecule has 5 heteroatoms. The quantitative estimate of drug-likeness (QED) is 0.499. The van der Waals surface area contributed by atoms with Crippen LogP contribution >= 0.6 is 24.0 Å². The third-order valence-electron chi connectivity index (χ3n) is 2.37. The van der Waals surface area contributed by atoms with Gasteiger partial charge in [-0.05, 0) is 12.1 Å². The summed E-state index contributed by atoms with van der Waals surface area (Å²) in [6.45, 7) is 0.627. The molecule has 2 N–H and O–H groups in total. The van der Waals surface area contributed by atoms with Crippen LogP contribution < -0.4 is 10.6 Å². The van der Waals surface area contributed by atoms with Crippen molar-refractivity contribution in [2.24, 2.45) is 4.99 Å². The minimum atomic E-state index is 0. The molecular weight excluding hydrogens is 329 g/mol. The lowest BCUT2D eigenvalue weighted by Gasteiger charge is -2.05. The molecule has 0 bridgehead atoms. The van der Waals surface area contributed by atoms with Crippen LogP contribution in [-0.4, -0.2) is 20.1 Å². The van der Waals surface area contributed by atoms with Crippen molar-refractivity contribution in [1.29, 1.82) is 0 Å². The van der Waals surface area contributed by atoms with E-state index in [1.807, 2.05) is 37.4 Å². The van der Waals surface area contributed by atoms with Crippen LogP contribution in [0.1, 0.15) is 5.76 Å². The minimum Gasteiger partial charge on any atom is -0.459 e. The first-order chi connectivity index (χ1) is 7.83. The number of guanidine groups is 1. The van der Waals surface area contributed by atoms with E-state index in [9.17, 15) is 0 Å². The molecule has 0 saturated heterocycles. The Morgan fingerprint density at radius 1 is 1.35 bits per heavy atom. The molecule has 0 aliphatic rings. The number of nitrogens with zero attached hydrogens (tertiary/aromatic N) is 1. The summed E-state index contributed by atoms with van der Waals surface area (Å²) in [5, 5.41) is 7.22. The first kappa shape index (κ1) is 13.8. The van der Waals surface area contributed by atoms with Gasteiger partial charge in [0.15, 0.2) is 5.96 Å². The summed E-state index contributed by atoms with van der Waals surface area (Å²) in [6.07, 6.45) is 0. The van der Waals surface area contributed by atoms with Crippen LogP contribution in [0.3, 0.4) is 0 Å². The van der Waals surface area contributed by atoms with E-state index in [1.54, 1.807) is 7.05 Å². The zero-order valence-corrected chi connectivity index (χ0v) is 12.2. The van der Waals surface area contributed by atoms with Gasteiger partial charge in [-0.25, -0.2) is 0 Å². The molecule has 0 amide bonds. The Morgan fingerprint density at radius 2 is 2.12 bits per heavy atom. The van der Waals surface area contributed by atoms with Gasteiger partial charge in [0, 0.05) is 19.5 Å². The van der Waals surface area contributed by atoms with E-state index in [-0.39, 0.29) is 24.0 Å². The van der Waals surface area contributed by atoms with Crippen LogP contribution in [0, 0.1) is 0 Å². The van der Waals surface area contributed by atoms with E-state index in [1.165, 1.54) is 0 Å². The Morgan fingerprint density at radius 3 is 2.76 bits per heavy atom. The Bertz CT molecular complexity index is 474. The SMILES string of the molecule is CN=C(NC)NCc1cc2ccccc2o1.I. The summed E-state index contributed by atoms with van der Waals surface area (Å²) in [5.41, 5.74) is 0.916. The molecule has 0 saturated carbocycles. The lowest BCUT2D eigenvalue weighted by atomic mass is 10.2. The van der Waals surface area contributed by atoms with Crippen LogP contribution in [0.15, 0.2) is 39.7 Å². The van der Waals surface area contributed by atoms with Crippen molar-refractivity contribution < 1.29 is 4.42 Å². The molecule has 1 aromatic carbocycles. The second kappa shape index (κ2) is 6.48. The second-order valence-corrected chi connectivity index (χ2v) is 3.43. The van der Waals surface area contributed by atoms with Gasteiger partial charge in [0.05, 0.1) is 6.54 Å². The highest BCUT2D eigenvalue weighted by Crippen LogP contribution is 2.18. The van der Waals surface area contributed by atoms with Crippen LogP contribution in [-0.2, 0) is 6.54 Å². The molecule has 4 nitrogen and oxygen atoms in total. The third kappa shape index (κ3) is 3.36. The van der Waals surface area contributed by atoms with Gasteiger partial charge in [0.2, 0.25) is 0 Å². The van der Waals surface area contributed by atoms with Gasteiger partial charge in [-0.2, -0.15) is 0 Å². The number of halogens is 1. The number of benzene rings is 1. The van der Waals surface area contributed by atoms with Crippen LogP contribution in [0.2, 0.25) is 0 Å². The molecule has 0 atom stereocenters. The van der Waals surface area contributed by atoms with Crippen LogP contribution in [0.25, 0.3) is 11.0 Å². The van der Waals surface area contributed by atoms with Crippen LogP contribution in [0.5, 0.6) is 0 Å². The third-order valence-corrected chi connectivity index (χ3v) is 2.37. The number of furan rings is 1. The Kier molecular flexibility index (Phi) is 5.27. The molecule has 0 spiro atoms. The topological polar surface area (TPSA) is 49.6 Å². The molecule has 2 aromatic rings. The first-order valence-corrected chi connectivity index (χ1v) is 5.19. The van der Waals surface area contributed by atoms with Gasteiger partial charge >= 0.3 is 0 Å². The summed E-state index contributed by atoms with van der Waals surface area (Å²) >= 11 is 0. The average molecular weight is 345 g/mol. The largest absolute Gasteiger partial charge is 0.459 e. The van der Waals surface area contributed by atoms with Crippen molar-refractivity contribution in [2.45, 2.75) is 6.54 Å². The van der Waals surface area contributed by atoms with E-state index in [2.05, 4.69) is 15.6 Å². The summed E-state index contributed by atoms with van der Waals surface area (Å²) in [5.74, 6) is 1.65. The molecule has 92 valence electrons. The van der Waals surface area contributed by atoms with Gasteiger partial charge < -0.3 is 15.1 Å². The summed E-state index contributed by atoms with van der Waals surface area (Å²) in [6, 6.07) is 10.0. The van der Waals surface area contributed by atoms with Crippen molar-refractivity contribution in [2.75, 3.05) is 14.1 Å². The number of hydrogen-bond donors (Lipinski definition) is 2. The van der Waals surface area contributed by atoms with Crippen molar-refractivity contribution in [1.82, 2.24) is 10.6 Å². The molecule has 0 fully saturated rings. The summed E-state index contributed by atoms with van der Waals surface area (Å²) in [4.78, 5) is 4.03. The molecule has 17 heavy (non-hydrogen) atoms. The predicted molar refractivity (Wildman–Crippen MR) is 80.9 cm³/mol. The van der Waals surface area contributed by atoms with Crippen molar-refractivity contribution in [3.8, 4) is 0 Å². The maximum Gasteiger partial charge on any atom is 0.191 e. The fourth-order valence-electron chi connectivity index (χ4n) is 1.57. The van der Waals surface area contributed by atoms with E-state index in [0.29, 0.717) is 6.54 Å². The second-order valence-electron chi connectivity index (χ2n) is 3.43. The van der Waals surface area contributed by atoms with E-state index >= 15 is 0 Å². The number of hydrogen-bond acceptors (Lipinski definition) is 2. The zero-order valence-electron chi connectivity index (χ0n) is 9.86. The average Bonchev–Trinajstić information content (AvgIpc) is 2.73. The summed E-state index contributed by atoms with van der Waals surface area (Å²) in [7, 11) is 3.56. The van der Waals surface area contributed by atoms with E-state index < -0.39 is 0 Å². The van der Waals surface area contributed by atoms with E-state index in [0.717, 1.165) is 22.7 Å². The van der Waals surface area contributed by atoms with Gasteiger partial charge in [0.25, 0.3) is 0 Å². The standard InChI is InChI=1S/C12H15N3O.HI/c1-13-12(14-2)15-8-10-7-9-5-3-4-6-11(9)16-10;/h3-7H,8H2,1-2H3,(H2,13,14,15);1H. The number of fused-ring (bicyclic) bond motifs is 1. The number of para-hydroxylation sites is 1. The van der Waals surface area contributed by atoms with Crippen LogP contribution in [0.4, 0.5) is 0 Å². The zero-order chi connectivity index (χ0) is 11.4. The minimum absolute atomic E-state index is 0. The lowest BCUT2D eigenvalue weighted by molar-refractivity contribution is 0.539.